The maximum atomic E-state index is 11.8. The number of benzene rings is 2. The summed E-state index contributed by atoms with van der Waals surface area (Å²) in [5.74, 6) is -0.793. The molecular formula is C21H25N3O4Si. The standard InChI is InChI=1S/C21H25N3O4Si/c1-21(2,3)29(15-10-6-4-7-11-15,16-12-8-5-9-13-16)27-14-17-18(23-24-22)19(25)20(26)28-17/h4-13,17-19,25H,14H2,1-3H3/t17-,18-,19+/m1/s1. The SMILES string of the molecule is CC(C)(C)[Si](OC[C@H]1OC(=O)[C@@H](O)[C@@H]1N=[N+]=[N-])(c1ccccc1)c1ccccc1. The van der Waals surface area contributed by atoms with Crippen molar-refractivity contribution in [3.8, 4) is 0 Å². The normalized spacial score (nSPS) is 22.1. The van der Waals surface area contributed by atoms with E-state index in [1.165, 1.54) is 0 Å². The number of ether oxygens (including phenoxy) is 1. The van der Waals surface area contributed by atoms with Crippen LogP contribution in [0, 0.1) is 0 Å². The van der Waals surface area contributed by atoms with Crippen LogP contribution in [0.2, 0.25) is 5.04 Å². The van der Waals surface area contributed by atoms with Crippen molar-refractivity contribution < 1.29 is 19.1 Å². The van der Waals surface area contributed by atoms with Gasteiger partial charge in [-0.15, -0.1) is 0 Å². The zero-order chi connectivity index (χ0) is 21.1. The van der Waals surface area contributed by atoms with Gasteiger partial charge in [-0.3, -0.25) is 0 Å². The summed E-state index contributed by atoms with van der Waals surface area (Å²) in [5.41, 5.74) is 8.81. The molecule has 2 aromatic rings. The Morgan fingerprint density at radius 2 is 1.62 bits per heavy atom. The monoisotopic (exact) mass is 411 g/mol. The van der Waals surface area contributed by atoms with E-state index in [0.29, 0.717) is 0 Å². The van der Waals surface area contributed by atoms with E-state index < -0.39 is 32.5 Å². The minimum Gasteiger partial charge on any atom is -0.457 e. The van der Waals surface area contributed by atoms with Crippen molar-refractivity contribution in [2.45, 2.75) is 44.1 Å². The van der Waals surface area contributed by atoms with E-state index in [-0.39, 0.29) is 11.6 Å². The molecule has 1 aliphatic heterocycles. The number of hydrogen-bond donors (Lipinski definition) is 1. The summed E-state index contributed by atoms with van der Waals surface area (Å²) >= 11 is 0. The molecule has 1 aliphatic rings. The van der Waals surface area contributed by atoms with E-state index in [0.717, 1.165) is 10.4 Å². The number of aliphatic hydroxyl groups excluding tert-OH is 1. The highest BCUT2D eigenvalue weighted by molar-refractivity contribution is 6.99. The molecule has 1 N–H and O–H groups in total. The van der Waals surface area contributed by atoms with E-state index in [9.17, 15) is 9.90 Å². The number of azide groups is 1. The number of cyclic esters (lactones) is 1. The topological polar surface area (TPSA) is 105 Å². The van der Waals surface area contributed by atoms with Gasteiger partial charge in [0.1, 0.15) is 12.1 Å². The average molecular weight is 412 g/mol. The van der Waals surface area contributed by atoms with Gasteiger partial charge in [0, 0.05) is 4.91 Å². The van der Waals surface area contributed by atoms with E-state index in [2.05, 4.69) is 55.1 Å². The van der Waals surface area contributed by atoms with Crippen LogP contribution in [0.25, 0.3) is 10.4 Å². The van der Waals surface area contributed by atoms with Crippen molar-refractivity contribution in [2.75, 3.05) is 6.61 Å². The van der Waals surface area contributed by atoms with Crippen molar-refractivity contribution in [2.24, 2.45) is 5.11 Å². The van der Waals surface area contributed by atoms with Gasteiger partial charge in [-0.05, 0) is 20.9 Å². The summed E-state index contributed by atoms with van der Waals surface area (Å²) in [6.45, 7) is 6.44. The second-order valence-corrected chi connectivity index (χ2v) is 12.4. The summed E-state index contributed by atoms with van der Waals surface area (Å²) in [5, 5.41) is 15.5. The van der Waals surface area contributed by atoms with Gasteiger partial charge in [-0.2, -0.15) is 0 Å². The fourth-order valence-corrected chi connectivity index (χ4v) is 8.50. The summed E-state index contributed by atoms with van der Waals surface area (Å²) in [6, 6.07) is 19.1. The molecule has 0 unspecified atom stereocenters. The van der Waals surface area contributed by atoms with Crippen LogP contribution in [0.4, 0.5) is 0 Å². The van der Waals surface area contributed by atoms with Crippen LogP contribution in [0.1, 0.15) is 20.8 Å². The summed E-state index contributed by atoms with van der Waals surface area (Å²) < 4.78 is 12.0. The molecule has 0 bridgehead atoms. The molecule has 2 aromatic carbocycles. The predicted octanol–water partition coefficient (Wildman–Crippen LogP) is 2.53. The highest BCUT2D eigenvalue weighted by atomic mass is 28.4. The molecule has 1 saturated heterocycles. The molecular weight excluding hydrogens is 386 g/mol. The number of hydrogen-bond acceptors (Lipinski definition) is 5. The van der Waals surface area contributed by atoms with Gasteiger partial charge >= 0.3 is 5.97 Å². The van der Waals surface area contributed by atoms with E-state index in [1.807, 2.05) is 36.4 Å². The van der Waals surface area contributed by atoms with Crippen LogP contribution < -0.4 is 10.4 Å². The number of nitrogens with zero attached hydrogens (tertiary/aromatic N) is 3. The van der Waals surface area contributed by atoms with Crippen LogP contribution in [0.15, 0.2) is 65.8 Å². The third kappa shape index (κ3) is 3.93. The molecule has 8 heteroatoms. The lowest BCUT2D eigenvalue weighted by Crippen LogP contribution is -2.67. The van der Waals surface area contributed by atoms with Crippen LogP contribution >= 0.6 is 0 Å². The van der Waals surface area contributed by atoms with Crippen LogP contribution in [-0.4, -0.2) is 44.2 Å². The smallest absolute Gasteiger partial charge is 0.335 e. The van der Waals surface area contributed by atoms with Gasteiger partial charge in [0.05, 0.1) is 6.61 Å². The molecule has 0 aromatic heterocycles. The van der Waals surface area contributed by atoms with Crippen molar-refractivity contribution in [3.63, 3.8) is 0 Å². The van der Waals surface area contributed by atoms with Crippen LogP contribution in [-0.2, 0) is 14.0 Å². The third-order valence-corrected chi connectivity index (χ3v) is 10.3. The molecule has 1 fully saturated rings. The fraction of sp³-hybridized carbons (Fsp3) is 0.381. The Hall–Kier alpha value is -2.64. The van der Waals surface area contributed by atoms with E-state index >= 15 is 0 Å². The molecule has 152 valence electrons. The largest absolute Gasteiger partial charge is 0.457 e. The van der Waals surface area contributed by atoms with Gasteiger partial charge in [-0.1, -0.05) is 86.5 Å². The number of aliphatic hydroxyl groups is 1. The first-order valence-electron chi connectivity index (χ1n) is 9.49. The predicted molar refractivity (Wildman–Crippen MR) is 112 cm³/mol. The van der Waals surface area contributed by atoms with Gasteiger partial charge < -0.3 is 14.3 Å². The Morgan fingerprint density at radius 3 is 2.07 bits per heavy atom. The van der Waals surface area contributed by atoms with Crippen LogP contribution in [0.5, 0.6) is 0 Å². The number of rotatable bonds is 6. The summed E-state index contributed by atoms with van der Waals surface area (Å²) in [4.78, 5) is 14.6. The number of carbonyl (C=O) groups is 1. The lowest BCUT2D eigenvalue weighted by molar-refractivity contribution is -0.148. The number of carbonyl (C=O) groups excluding carboxylic acids is 1. The highest BCUT2D eigenvalue weighted by Gasteiger charge is 2.52. The van der Waals surface area contributed by atoms with E-state index in [4.69, 9.17) is 14.7 Å². The Labute approximate surface area is 171 Å². The van der Waals surface area contributed by atoms with E-state index in [1.54, 1.807) is 0 Å². The van der Waals surface area contributed by atoms with Crippen LogP contribution in [0.3, 0.4) is 0 Å². The van der Waals surface area contributed by atoms with Gasteiger partial charge in [-0.25, -0.2) is 4.79 Å². The molecule has 0 amide bonds. The molecule has 0 saturated carbocycles. The minimum absolute atomic E-state index is 0.0275. The first-order chi connectivity index (χ1) is 13.8. The minimum atomic E-state index is -2.82. The first kappa shape index (κ1) is 21.1. The van der Waals surface area contributed by atoms with Crippen molar-refractivity contribution in [3.05, 3.63) is 71.1 Å². The maximum absolute atomic E-state index is 11.8. The molecule has 29 heavy (non-hydrogen) atoms. The highest BCUT2D eigenvalue weighted by Crippen LogP contribution is 2.37. The van der Waals surface area contributed by atoms with Gasteiger partial charge in [0.15, 0.2) is 6.10 Å². The number of esters is 1. The summed E-state index contributed by atoms with van der Waals surface area (Å²) in [6.07, 6.45) is -2.31. The summed E-state index contributed by atoms with van der Waals surface area (Å²) in [7, 11) is -2.82. The first-order valence-corrected chi connectivity index (χ1v) is 11.4. The van der Waals surface area contributed by atoms with Crippen molar-refractivity contribution in [1.82, 2.24) is 0 Å². The molecule has 0 radical (unpaired) electrons. The Balaban J connectivity index is 2.05. The molecule has 7 nitrogen and oxygen atoms in total. The van der Waals surface area contributed by atoms with Gasteiger partial charge in [0.25, 0.3) is 8.32 Å². The zero-order valence-corrected chi connectivity index (χ0v) is 17.7. The second-order valence-electron chi connectivity index (χ2n) is 8.09. The fourth-order valence-electron chi connectivity index (χ4n) is 3.93. The molecule has 3 atom stereocenters. The second kappa shape index (κ2) is 8.38. The molecule has 3 rings (SSSR count). The zero-order valence-electron chi connectivity index (χ0n) is 16.7. The lowest BCUT2D eigenvalue weighted by atomic mass is 10.1. The Bertz CT molecular complexity index is 856. The van der Waals surface area contributed by atoms with Crippen molar-refractivity contribution >= 4 is 24.7 Å². The van der Waals surface area contributed by atoms with Crippen molar-refractivity contribution in [1.29, 1.82) is 0 Å². The lowest BCUT2D eigenvalue weighted by Gasteiger charge is -2.43. The Morgan fingerprint density at radius 1 is 1.10 bits per heavy atom. The third-order valence-electron chi connectivity index (χ3n) is 5.28. The molecule has 0 aliphatic carbocycles. The van der Waals surface area contributed by atoms with Gasteiger partial charge in [0.2, 0.25) is 0 Å². The quantitative estimate of drug-likeness (QED) is 0.259. The Kier molecular flexibility index (Phi) is 6.09. The molecule has 0 spiro atoms. The molecule has 1 heterocycles. The average Bonchev–Trinajstić information content (AvgIpc) is 2.97. The maximum Gasteiger partial charge on any atom is 0.335 e.